The van der Waals surface area contributed by atoms with Gasteiger partial charge in [-0.2, -0.15) is 0 Å². The summed E-state index contributed by atoms with van der Waals surface area (Å²) >= 11 is 1.31. The third-order valence-electron chi connectivity index (χ3n) is 3.56. The number of pyridine rings is 1. The van der Waals surface area contributed by atoms with Crippen LogP contribution in [-0.2, 0) is 0 Å². The van der Waals surface area contributed by atoms with Gasteiger partial charge in [0.25, 0.3) is 5.91 Å². The van der Waals surface area contributed by atoms with Crippen LogP contribution in [0.3, 0.4) is 0 Å². The van der Waals surface area contributed by atoms with Crippen LogP contribution in [0.25, 0.3) is 10.2 Å². The van der Waals surface area contributed by atoms with Crippen molar-refractivity contribution in [3.05, 3.63) is 52.5 Å². The molecule has 0 spiro atoms. The summed E-state index contributed by atoms with van der Waals surface area (Å²) in [4.78, 5) is 18.0. The fraction of sp³-hybridized carbons (Fsp3) is 0.125. The van der Waals surface area contributed by atoms with E-state index in [2.05, 4.69) is 10.3 Å². The molecule has 106 valence electrons. The molecule has 2 heterocycles. The summed E-state index contributed by atoms with van der Waals surface area (Å²) in [6.45, 7) is 4.00. The molecule has 0 saturated carbocycles. The van der Waals surface area contributed by atoms with Crippen molar-refractivity contribution in [1.82, 2.24) is 4.98 Å². The monoisotopic (exact) mass is 297 g/mol. The number of fused-ring (bicyclic) bond motifs is 1. The van der Waals surface area contributed by atoms with E-state index in [0.717, 1.165) is 27.0 Å². The molecule has 21 heavy (non-hydrogen) atoms. The highest BCUT2D eigenvalue weighted by atomic mass is 32.1. The Balaban J connectivity index is 1.97. The molecule has 3 N–H and O–H groups in total. The molecular weight excluding hydrogens is 282 g/mol. The molecule has 0 saturated heterocycles. The van der Waals surface area contributed by atoms with Gasteiger partial charge in [-0.25, -0.2) is 4.98 Å². The van der Waals surface area contributed by atoms with Crippen LogP contribution < -0.4 is 11.1 Å². The van der Waals surface area contributed by atoms with Crippen molar-refractivity contribution in [2.24, 2.45) is 0 Å². The van der Waals surface area contributed by atoms with E-state index < -0.39 is 0 Å². The second-order valence-corrected chi connectivity index (χ2v) is 5.90. The molecule has 5 heteroatoms. The number of thiophene rings is 1. The molecule has 3 aromatic rings. The van der Waals surface area contributed by atoms with E-state index in [-0.39, 0.29) is 5.91 Å². The number of nitrogens with zero attached hydrogens (tertiary/aromatic N) is 1. The van der Waals surface area contributed by atoms with Gasteiger partial charge >= 0.3 is 0 Å². The number of nitrogen functional groups attached to an aromatic ring is 1. The number of anilines is 2. The first-order chi connectivity index (χ1) is 10.1. The number of rotatable bonds is 2. The number of benzene rings is 1. The van der Waals surface area contributed by atoms with Gasteiger partial charge in [0.15, 0.2) is 0 Å². The zero-order valence-electron chi connectivity index (χ0n) is 11.8. The molecule has 2 aromatic heterocycles. The first-order valence-corrected chi connectivity index (χ1v) is 7.40. The lowest BCUT2D eigenvalue weighted by Gasteiger charge is -2.09. The molecule has 0 aliphatic heterocycles. The number of aromatic nitrogens is 1. The molecule has 0 unspecified atom stereocenters. The SMILES string of the molecule is Cc1cccc(NC(=O)c2sc3ncccc3c2N)c1C. The van der Waals surface area contributed by atoms with Crippen LogP contribution >= 0.6 is 11.3 Å². The third-order valence-corrected chi connectivity index (χ3v) is 4.69. The van der Waals surface area contributed by atoms with Crippen LogP contribution in [0.15, 0.2) is 36.5 Å². The van der Waals surface area contributed by atoms with E-state index in [1.165, 1.54) is 11.3 Å². The van der Waals surface area contributed by atoms with Gasteiger partial charge in [-0.05, 0) is 43.2 Å². The van der Waals surface area contributed by atoms with Gasteiger partial charge in [-0.1, -0.05) is 12.1 Å². The zero-order valence-corrected chi connectivity index (χ0v) is 12.6. The highest BCUT2D eigenvalue weighted by Gasteiger charge is 2.17. The van der Waals surface area contributed by atoms with Gasteiger partial charge in [0.1, 0.15) is 9.71 Å². The van der Waals surface area contributed by atoms with E-state index in [9.17, 15) is 4.79 Å². The first kappa shape index (κ1) is 13.6. The number of amides is 1. The van der Waals surface area contributed by atoms with E-state index >= 15 is 0 Å². The highest BCUT2D eigenvalue weighted by molar-refractivity contribution is 7.21. The van der Waals surface area contributed by atoms with Crippen LogP contribution in [0.5, 0.6) is 0 Å². The summed E-state index contributed by atoms with van der Waals surface area (Å²) in [5.74, 6) is -0.191. The van der Waals surface area contributed by atoms with Crippen LogP contribution in [-0.4, -0.2) is 10.9 Å². The quantitative estimate of drug-likeness (QED) is 0.757. The van der Waals surface area contributed by atoms with Gasteiger partial charge in [-0.15, -0.1) is 11.3 Å². The normalized spacial score (nSPS) is 10.8. The highest BCUT2D eigenvalue weighted by Crippen LogP contribution is 2.32. The van der Waals surface area contributed by atoms with Crippen molar-refractivity contribution in [2.45, 2.75) is 13.8 Å². The largest absolute Gasteiger partial charge is 0.397 e. The van der Waals surface area contributed by atoms with E-state index in [0.29, 0.717) is 10.6 Å². The Kier molecular flexibility index (Phi) is 3.35. The number of nitrogens with two attached hydrogens (primary N) is 1. The smallest absolute Gasteiger partial charge is 0.267 e. The maximum absolute atomic E-state index is 12.5. The molecule has 1 amide bonds. The molecule has 0 radical (unpaired) electrons. The van der Waals surface area contributed by atoms with Crippen LogP contribution in [0.1, 0.15) is 20.8 Å². The lowest BCUT2D eigenvalue weighted by atomic mass is 10.1. The standard InChI is InChI=1S/C16H15N3OS/c1-9-5-3-7-12(10(9)2)19-15(20)14-13(17)11-6-4-8-18-16(11)21-14/h3-8H,17H2,1-2H3,(H,19,20). The van der Waals surface area contributed by atoms with Crippen molar-refractivity contribution in [3.63, 3.8) is 0 Å². The number of aryl methyl sites for hydroxylation is 1. The Hall–Kier alpha value is -2.40. The second kappa shape index (κ2) is 5.18. The Morgan fingerprint density at radius 2 is 2.05 bits per heavy atom. The summed E-state index contributed by atoms with van der Waals surface area (Å²) in [5, 5.41) is 3.76. The van der Waals surface area contributed by atoms with Crippen LogP contribution in [0, 0.1) is 13.8 Å². The number of nitrogens with one attached hydrogen (secondary N) is 1. The first-order valence-electron chi connectivity index (χ1n) is 6.58. The second-order valence-electron chi connectivity index (χ2n) is 4.90. The maximum atomic E-state index is 12.5. The Bertz CT molecular complexity index is 839. The Morgan fingerprint density at radius 1 is 1.24 bits per heavy atom. The van der Waals surface area contributed by atoms with Gasteiger partial charge in [0, 0.05) is 17.3 Å². The average molecular weight is 297 g/mol. The molecular formula is C16H15N3OS. The number of hydrogen-bond acceptors (Lipinski definition) is 4. The zero-order chi connectivity index (χ0) is 15.0. The van der Waals surface area contributed by atoms with Gasteiger partial charge in [0.05, 0.1) is 5.69 Å². The minimum atomic E-state index is -0.191. The Morgan fingerprint density at radius 3 is 2.81 bits per heavy atom. The molecule has 0 aliphatic carbocycles. The van der Waals surface area contributed by atoms with Crippen molar-refractivity contribution < 1.29 is 4.79 Å². The van der Waals surface area contributed by atoms with Gasteiger partial charge in [-0.3, -0.25) is 4.79 Å². The minimum Gasteiger partial charge on any atom is -0.397 e. The number of hydrogen-bond donors (Lipinski definition) is 2. The summed E-state index contributed by atoms with van der Waals surface area (Å²) < 4.78 is 0. The summed E-state index contributed by atoms with van der Waals surface area (Å²) in [6.07, 6.45) is 1.70. The van der Waals surface area contributed by atoms with E-state index in [1.54, 1.807) is 6.20 Å². The summed E-state index contributed by atoms with van der Waals surface area (Å²) in [6, 6.07) is 9.53. The predicted octanol–water partition coefficient (Wildman–Crippen LogP) is 3.75. The molecule has 0 atom stereocenters. The predicted molar refractivity (Wildman–Crippen MR) is 87.9 cm³/mol. The molecule has 3 rings (SSSR count). The molecule has 0 fully saturated rings. The fourth-order valence-corrected chi connectivity index (χ4v) is 3.14. The van der Waals surface area contributed by atoms with Crippen molar-refractivity contribution >= 4 is 38.8 Å². The average Bonchev–Trinajstić information content (AvgIpc) is 2.82. The third kappa shape index (κ3) is 2.36. The maximum Gasteiger partial charge on any atom is 0.267 e. The fourth-order valence-electron chi connectivity index (χ4n) is 2.19. The van der Waals surface area contributed by atoms with E-state index in [1.807, 2.05) is 44.2 Å². The van der Waals surface area contributed by atoms with Gasteiger partial charge < -0.3 is 11.1 Å². The Labute approximate surface area is 126 Å². The van der Waals surface area contributed by atoms with Crippen molar-refractivity contribution in [2.75, 3.05) is 11.1 Å². The van der Waals surface area contributed by atoms with Gasteiger partial charge in [0.2, 0.25) is 0 Å². The minimum absolute atomic E-state index is 0.191. The summed E-state index contributed by atoms with van der Waals surface area (Å²) in [7, 11) is 0. The van der Waals surface area contributed by atoms with E-state index in [4.69, 9.17) is 5.73 Å². The topological polar surface area (TPSA) is 68.0 Å². The van der Waals surface area contributed by atoms with Crippen LogP contribution in [0.4, 0.5) is 11.4 Å². The number of carbonyl (C=O) groups is 1. The molecule has 1 aromatic carbocycles. The van der Waals surface area contributed by atoms with Crippen molar-refractivity contribution in [3.8, 4) is 0 Å². The summed E-state index contributed by atoms with van der Waals surface area (Å²) in [5.41, 5.74) is 9.57. The molecule has 0 bridgehead atoms. The van der Waals surface area contributed by atoms with Crippen LogP contribution in [0.2, 0.25) is 0 Å². The molecule has 4 nitrogen and oxygen atoms in total. The number of carbonyl (C=O) groups excluding carboxylic acids is 1. The van der Waals surface area contributed by atoms with Crippen molar-refractivity contribution in [1.29, 1.82) is 0 Å². The molecule has 0 aliphatic rings. The lowest BCUT2D eigenvalue weighted by molar-refractivity contribution is 0.103. The lowest BCUT2D eigenvalue weighted by Crippen LogP contribution is -2.13.